The Morgan fingerprint density at radius 3 is 2.93 bits per heavy atom. The van der Waals surface area contributed by atoms with Crippen LogP contribution in [0.15, 0.2) is 30.0 Å². The van der Waals surface area contributed by atoms with Gasteiger partial charge in [0.2, 0.25) is 0 Å². The number of carbonyl (C=O) groups excluding carboxylic acids is 1. The summed E-state index contributed by atoms with van der Waals surface area (Å²) in [5.41, 5.74) is 1.72. The molecule has 1 aromatic carbocycles. The number of rotatable bonds is 2. The van der Waals surface area contributed by atoms with E-state index in [1.54, 1.807) is 14.0 Å². The third-order valence-corrected chi connectivity index (χ3v) is 2.44. The van der Waals surface area contributed by atoms with Gasteiger partial charge in [0.25, 0.3) is 0 Å². The third-order valence-electron chi connectivity index (χ3n) is 2.44. The Kier molecular flexibility index (Phi) is 2.46. The predicted molar refractivity (Wildman–Crippen MR) is 56.1 cm³/mol. The molecule has 0 aliphatic carbocycles. The zero-order chi connectivity index (χ0) is 10.8. The SMILES string of the molecule is COc1ccc2c(c1)OC=C(C(C)=O)C2. The summed E-state index contributed by atoms with van der Waals surface area (Å²) in [6.45, 7) is 1.55. The molecule has 0 amide bonds. The van der Waals surface area contributed by atoms with Crippen LogP contribution >= 0.6 is 0 Å². The van der Waals surface area contributed by atoms with E-state index in [2.05, 4.69) is 0 Å². The summed E-state index contributed by atoms with van der Waals surface area (Å²) >= 11 is 0. The summed E-state index contributed by atoms with van der Waals surface area (Å²) < 4.78 is 10.5. The maximum absolute atomic E-state index is 11.2. The molecule has 78 valence electrons. The van der Waals surface area contributed by atoms with E-state index in [1.807, 2.05) is 18.2 Å². The molecule has 1 aliphatic heterocycles. The Labute approximate surface area is 88.3 Å². The van der Waals surface area contributed by atoms with Crippen LogP contribution in [-0.2, 0) is 11.2 Å². The van der Waals surface area contributed by atoms with Crippen molar-refractivity contribution in [2.24, 2.45) is 0 Å². The Bertz CT molecular complexity index is 432. The van der Waals surface area contributed by atoms with Crippen molar-refractivity contribution in [3.05, 3.63) is 35.6 Å². The maximum atomic E-state index is 11.2. The molecule has 0 saturated carbocycles. The highest BCUT2D eigenvalue weighted by Gasteiger charge is 2.15. The molecule has 0 fully saturated rings. The quantitative estimate of drug-likeness (QED) is 0.740. The fourth-order valence-electron chi connectivity index (χ4n) is 1.51. The average Bonchev–Trinajstić information content (AvgIpc) is 2.27. The Balaban J connectivity index is 2.30. The van der Waals surface area contributed by atoms with Gasteiger partial charge in [-0.05, 0) is 18.6 Å². The van der Waals surface area contributed by atoms with Crippen molar-refractivity contribution in [3.63, 3.8) is 0 Å². The number of Topliss-reactive ketones (excluding diaryl/α,β-unsaturated/α-hetero) is 1. The zero-order valence-electron chi connectivity index (χ0n) is 8.74. The highest BCUT2D eigenvalue weighted by Crippen LogP contribution is 2.30. The number of carbonyl (C=O) groups is 1. The van der Waals surface area contributed by atoms with Gasteiger partial charge in [-0.15, -0.1) is 0 Å². The van der Waals surface area contributed by atoms with E-state index in [4.69, 9.17) is 9.47 Å². The van der Waals surface area contributed by atoms with Crippen molar-refractivity contribution in [1.82, 2.24) is 0 Å². The zero-order valence-corrected chi connectivity index (χ0v) is 8.74. The summed E-state index contributed by atoms with van der Waals surface area (Å²) in [5.74, 6) is 1.57. The first kappa shape index (κ1) is 9.77. The van der Waals surface area contributed by atoms with Crippen LogP contribution in [0.4, 0.5) is 0 Å². The minimum Gasteiger partial charge on any atom is -0.497 e. The second-order valence-corrected chi connectivity index (χ2v) is 3.47. The van der Waals surface area contributed by atoms with Gasteiger partial charge in [0.15, 0.2) is 5.78 Å². The molecule has 0 aromatic heterocycles. The Morgan fingerprint density at radius 2 is 2.27 bits per heavy atom. The lowest BCUT2D eigenvalue weighted by molar-refractivity contribution is -0.113. The lowest BCUT2D eigenvalue weighted by atomic mass is 10.0. The topological polar surface area (TPSA) is 35.5 Å². The van der Waals surface area contributed by atoms with Gasteiger partial charge in [0, 0.05) is 18.1 Å². The van der Waals surface area contributed by atoms with Crippen LogP contribution < -0.4 is 9.47 Å². The van der Waals surface area contributed by atoms with Gasteiger partial charge in [-0.2, -0.15) is 0 Å². The summed E-state index contributed by atoms with van der Waals surface area (Å²) in [6, 6.07) is 5.61. The largest absolute Gasteiger partial charge is 0.497 e. The summed E-state index contributed by atoms with van der Waals surface area (Å²) in [5, 5.41) is 0. The summed E-state index contributed by atoms with van der Waals surface area (Å²) in [6.07, 6.45) is 2.15. The molecule has 3 nitrogen and oxygen atoms in total. The lowest BCUT2D eigenvalue weighted by Gasteiger charge is -2.16. The van der Waals surface area contributed by atoms with E-state index in [1.165, 1.54) is 6.26 Å². The summed E-state index contributed by atoms with van der Waals surface area (Å²) in [4.78, 5) is 11.2. The molecule has 1 aromatic rings. The number of methoxy groups -OCH3 is 1. The van der Waals surface area contributed by atoms with Crippen molar-refractivity contribution < 1.29 is 14.3 Å². The highest BCUT2D eigenvalue weighted by molar-refractivity contribution is 5.93. The van der Waals surface area contributed by atoms with Gasteiger partial charge in [-0.25, -0.2) is 0 Å². The van der Waals surface area contributed by atoms with Crippen molar-refractivity contribution in [2.75, 3.05) is 7.11 Å². The van der Waals surface area contributed by atoms with Crippen LogP contribution in [0.2, 0.25) is 0 Å². The first-order valence-corrected chi connectivity index (χ1v) is 4.74. The van der Waals surface area contributed by atoms with Gasteiger partial charge < -0.3 is 9.47 Å². The fourth-order valence-corrected chi connectivity index (χ4v) is 1.51. The number of fused-ring (bicyclic) bond motifs is 1. The van der Waals surface area contributed by atoms with E-state index < -0.39 is 0 Å². The first-order chi connectivity index (χ1) is 7.20. The van der Waals surface area contributed by atoms with Crippen LogP contribution in [0.3, 0.4) is 0 Å². The predicted octanol–water partition coefficient (Wildman–Crippen LogP) is 2.10. The van der Waals surface area contributed by atoms with Gasteiger partial charge in [0.1, 0.15) is 11.5 Å². The highest BCUT2D eigenvalue weighted by atomic mass is 16.5. The van der Waals surface area contributed by atoms with Crippen molar-refractivity contribution in [3.8, 4) is 11.5 Å². The van der Waals surface area contributed by atoms with Crippen molar-refractivity contribution in [1.29, 1.82) is 0 Å². The molecular formula is C12H12O3. The fraction of sp³-hybridized carbons (Fsp3) is 0.250. The molecule has 1 aliphatic rings. The molecule has 2 rings (SSSR count). The molecule has 0 radical (unpaired) electrons. The molecule has 1 heterocycles. The second-order valence-electron chi connectivity index (χ2n) is 3.47. The van der Waals surface area contributed by atoms with Gasteiger partial charge in [-0.3, -0.25) is 4.79 Å². The van der Waals surface area contributed by atoms with Crippen LogP contribution in [-0.4, -0.2) is 12.9 Å². The number of ketones is 1. The van der Waals surface area contributed by atoms with Gasteiger partial charge in [0.05, 0.1) is 13.4 Å². The molecular weight excluding hydrogens is 192 g/mol. The lowest BCUT2D eigenvalue weighted by Crippen LogP contribution is -2.08. The van der Waals surface area contributed by atoms with Crippen LogP contribution in [0, 0.1) is 0 Å². The third kappa shape index (κ3) is 1.86. The Hall–Kier alpha value is -1.77. The maximum Gasteiger partial charge on any atom is 0.159 e. The van der Waals surface area contributed by atoms with E-state index in [0.29, 0.717) is 12.0 Å². The minimum absolute atomic E-state index is 0.0523. The van der Waals surface area contributed by atoms with Crippen molar-refractivity contribution in [2.45, 2.75) is 13.3 Å². The van der Waals surface area contributed by atoms with E-state index in [-0.39, 0.29) is 5.78 Å². The first-order valence-electron chi connectivity index (χ1n) is 4.74. The van der Waals surface area contributed by atoms with Gasteiger partial charge in [-0.1, -0.05) is 6.07 Å². The average molecular weight is 204 g/mol. The second kappa shape index (κ2) is 3.77. The molecule has 0 N–H and O–H groups in total. The molecule has 15 heavy (non-hydrogen) atoms. The van der Waals surface area contributed by atoms with E-state index in [9.17, 15) is 4.79 Å². The standard InChI is InChI=1S/C12H12O3/c1-8(13)10-5-9-3-4-11(14-2)6-12(9)15-7-10/h3-4,6-7H,5H2,1-2H3. The molecule has 0 saturated heterocycles. The number of hydrogen-bond acceptors (Lipinski definition) is 3. The molecule has 0 bridgehead atoms. The Morgan fingerprint density at radius 1 is 1.47 bits per heavy atom. The number of ether oxygens (including phenoxy) is 2. The number of benzene rings is 1. The molecule has 0 spiro atoms. The normalized spacial score (nSPS) is 13.6. The van der Waals surface area contributed by atoms with E-state index >= 15 is 0 Å². The molecule has 3 heteroatoms. The number of hydrogen-bond donors (Lipinski definition) is 0. The molecule has 0 atom stereocenters. The van der Waals surface area contributed by atoms with E-state index in [0.717, 1.165) is 17.1 Å². The van der Waals surface area contributed by atoms with Crippen molar-refractivity contribution >= 4 is 5.78 Å². The van der Waals surface area contributed by atoms with Crippen LogP contribution in [0.1, 0.15) is 12.5 Å². The van der Waals surface area contributed by atoms with Crippen LogP contribution in [0.5, 0.6) is 11.5 Å². The monoisotopic (exact) mass is 204 g/mol. The minimum atomic E-state index is 0.0523. The smallest absolute Gasteiger partial charge is 0.159 e. The van der Waals surface area contributed by atoms with Gasteiger partial charge >= 0.3 is 0 Å². The molecule has 0 unspecified atom stereocenters. The summed E-state index contributed by atoms with van der Waals surface area (Å²) in [7, 11) is 1.61. The number of allylic oxidation sites excluding steroid dienone is 1. The van der Waals surface area contributed by atoms with Crippen LogP contribution in [0.25, 0.3) is 0 Å².